The quantitative estimate of drug-likeness (QED) is 0.603. The molecule has 1 unspecified atom stereocenters. The summed E-state index contributed by atoms with van der Waals surface area (Å²) in [6, 6.07) is 15.6. The third-order valence-electron chi connectivity index (χ3n) is 5.73. The van der Waals surface area contributed by atoms with Crippen LogP contribution in [0.4, 0.5) is 0 Å². The molecule has 0 N–H and O–H groups in total. The van der Waals surface area contributed by atoms with Crippen LogP contribution in [0.5, 0.6) is 0 Å². The van der Waals surface area contributed by atoms with Crippen molar-refractivity contribution in [3.63, 3.8) is 0 Å². The molecule has 0 aromatic heterocycles. The van der Waals surface area contributed by atoms with Crippen molar-refractivity contribution in [2.75, 3.05) is 0 Å². The molecule has 0 saturated carbocycles. The molecule has 5 rings (SSSR count). The van der Waals surface area contributed by atoms with Gasteiger partial charge in [0.1, 0.15) is 0 Å². The smallest absolute Gasteiger partial charge is 0.0708 e. The highest BCUT2D eigenvalue weighted by atomic mass is 14.8. The van der Waals surface area contributed by atoms with Crippen molar-refractivity contribution >= 4 is 12.3 Å². The predicted molar refractivity (Wildman–Crippen MR) is 110 cm³/mol. The molecule has 26 heavy (non-hydrogen) atoms. The molecule has 0 amide bonds. The first-order valence-electron chi connectivity index (χ1n) is 9.19. The summed E-state index contributed by atoms with van der Waals surface area (Å²) in [5.74, 6) is 0.331. The van der Waals surface area contributed by atoms with Crippen molar-refractivity contribution in [1.29, 1.82) is 0 Å². The van der Waals surface area contributed by atoms with Crippen LogP contribution < -0.4 is 0 Å². The maximum atomic E-state index is 4.51. The number of hydrogen-bond acceptors (Lipinski definition) is 1. The van der Waals surface area contributed by atoms with Gasteiger partial charge in [0.2, 0.25) is 0 Å². The molecule has 1 nitrogen and oxygen atoms in total. The zero-order valence-corrected chi connectivity index (χ0v) is 15.4. The lowest BCUT2D eigenvalue weighted by Crippen LogP contribution is -2.04. The minimum atomic E-state index is 0.331. The lowest BCUT2D eigenvalue weighted by Gasteiger charge is -2.20. The fraction of sp³-hybridized carbons (Fsp3) is 0.160. The van der Waals surface area contributed by atoms with Gasteiger partial charge in [-0.25, -0.2) is 0 Å². The van der Waals surface area contributed by atoms with Crippen molar-refractivity contribution in [1.82, 2.24) is 0 Å². The molecule has 0 radical (unpaired) electrons. The number of aliphatic imine (C=N–C) groups is 1. The molecule has 1 atom stereocenters. The van der Waals surface area contributed by atoms with Gasteiger partial charge in [0.15, 0.2) is 0 Å². The van der Waals surface area contributed by atoms with Crippen LogP contribution in [0, 0.1) is 6.92 Å². The minimum Gasteiger partial charge on any atom is -0.256 e. The Labute approximate surface area is 154 Å². The minimum absolute atomic E-state index is 0.331. The van der Waals surface area contributed by atoms with E-state index in [1.165, 1.54) is 50.1 Å². The zero-order chi connectivity index (χ0) is 17.8. The lowest BCUT2D eigenvalue weighted by molar-refractivity contribution is 0.954. The molecule has 2 aliphatic carbocycles. The predicted octanol–water partition coefficient (Wildman–Crippen LogP) is 6.39. The van der Waals surface area contributed by atoms with Crippen molar-refractivity contribution in [2.45, 2.75) is 26.7 Å². The second kappa shape index (κ2) is 5.54. The van der Waals surface area contributed by atoms with Gasteiger partial charge in [-0.05, 0) is 66.3 Å². The van der Waals surface area contributed by atoms with Crippen LogP contribution in [0.2, 0.25) is 0 Å². The molecule has 1 aliphatic heterocycles. The Kier molecular flexibility index (Phi) is 3.27. The summed E-state index contributed by atoms with van der Waals surface area (Å²) in [6.07, 6.45) is 8.68. The van der Waals surface area contributed by atoms with E-state index in [1.807, 2.05) is 6.21 Å². The monoisotopic (exact) mass is 335 g/mol. The van der Waals surface area contributed by atoms with E-state index in [1.54, 1.807) is 0 Å². The van der Waals surface area contributed by atoms with Gasteiger partial charge in [-0.3, -0.25) is 4.99 Å². The maximum absolute atomic E-state index is 4.51. The summed E-state index contributed by atoms with van der Waals surface area (Å²) in [6.45, 7) is 6.61. The fourth-order valence-corrected chi connectivity index (χ4v) is 4.49. The molecule has 2 aromatic carbocycles. The zero-order valence-electron chi connectivity index (χ0n) is 15.4. The number of rotatable bonds is 2. The van der Waals surface area contributed by atoms with E-state index in [-0.39, 0.29) is 0 Å². The second-order valence-corrected chi connectivity index (χ2v) is 7.48. The van der Waals surface area contributed by atoms with E-state index in [2.05, 4.69) is 86.5 Å². The number of aryl methyl sites for hydroxylation is 1. The lowest BCUT2D eigenvalue weighted by atomic mass is 9.83. The molecular formula is C25H21N. The van der Waals surface area contributed by atoms with Gasteiger partial charge >= 0.3 is 0 Å². The van der Waals surface area contributed by atoms with E-state index in [0.29, 0.717) is 5.92 Å². The van der Waals surface area contributed by atoms with Gasteiger partial charge in [0.25, 0.3) is 0 Å². The molecule has 1 heterocycles. The first-order valence-corrected chi connectivity index (χ1v) is 9.19. The third-order valence-corrected chi connectivity index (χ3v) is 5.73. The van der Waals surface area contributed by atoms with Gasteiger partial charge in [-0.15, -0.1) is 0 Å². The van der Waals surface area contributed by atoms with E-state index in [0.717, 1.165) is 5.70 Å². The van der Waals surface area contributed by atoms with Crippen molar-refractivity contribution < 1.29 is 0 Å². The standard InChI is InChI=1S/C25H21N/c1-15-7-9-18(10-8-15)19-5-4-6-20-22(19)13-16(2)24(20)25-17(3)14-23-21(25)11-12-26-23/h4-14,24H,1-3H3. The third kappa shape index (κ3) is 2.13. The van der Waals surface area contributed by atoms with Crippen molar-refractivity contribution in [3.8, 4) is 11.1 Å². The Morgan fingerprint density at radius 1 is 0.885 bits per heavy atom. The molecule has 2 aromatic rings. The Morgan fingerprint density at radius 2 is 1.69 bits per heavy atom. The molecule has 0 bridgehead atoms. The highest BCUT2D eigenvalue weighted by Gasteiger charge is 2.34. The highest BCUT2D eigenvalue weighted by Crippen LogP contribution is 2.50. The van der Waals surface area contributed by atoms with Crippen LogP contribution in [0.15, 0.2) is 87.6 Å². The molecule has 1 heteroatoms. The normalized spacial score (nSPS) is 20.1. The first-order chi connectivity index (χ1) is 12.6. The van der Waals surface area contributed by atoms with Crippen LogP contribution in [0.3, 0.4) is 0 Å². The van der Waals surface area contributed by atoms with E-state index in [4.69, 9.17) is 0 Å². The van der Waals surface area contributed by atoms with Gasteiger partial charge in [-0.1, -0.05) is 59.7 Å². The van der Waals surface area contributed by atoms with E-state index < -0.39 is 0 Å². The Bertz CT molecular complexity index is 1090. The van der Waals surface area contributed by atoms with E-state index >= 15 is 0 Å². The van der Waals surface area contributed by atoms with Crippen molar-refractivity contribution in [3.05, 3.63) is 99.3 Å². The van der Waals surface area contributed by atoms with Crippen LogP contribution >= 0.6 is 0 Å². The number of benzene rings is 2. The number of allylic oxidation sites excluding steroid dienone is 5. The Morgan fingerprint density at radius 3 is 2.50 bits per heavy atom. The number of fused-ring (bicyclic) bond motifs is 2. The molecule has 0 saturated heterocycles. The fourth-order valence-electron chi connectivity index (χ4n) is 4.49. The summed E-state index contributed by atoms with van der Waals surface area (Å²) >= 11 is 0. The topological polar surface area (TPSA) is 12.4 Å². The summed E-state index contributed by atoms with van der Waals surface area (Å²) in [7, 11) is 0. The van der Waals surface area contributed by atoms with Crippen LogP contribution in [0.1, 0.15) is 36.5 Å². The van der Waals surface area contributed by atoms with E-state index in [9.17, 15) is 0 Å². The van der Waals surface area contributed by atoms with Gasteiger partial charge in [-0.2, -0.15) is 0 Å². The second-order valence-electron chi connectivity index (χ2n) is 7.48. The molecule has 126 valence electrons. The Balaban J connectivity index is 1.65. The average Bonchev–Trinajstić information content (AvgIpc) is 3.28. The average molecular weight is 335 g/mol. The summed E-state index contributed by atoms with van der Waals surface area (Å²) in [4.78, 5) is 4.51. The van der Waals surface area contributed by atoms with Crippen LogP contribution in [-0.2, 0) is 0 Å². The van der Waals surface area contributed by atoms with Crippen LogP contribution in [-0.4, -0.2) is 6.21 Å². The summed E-state index contributed by atoms with van der Waals surface area (Å²) in [5.41, 5.74) is 13.3. The highest BCUT2D eigenvalue weighted by molar-refractivity contribution is 5.88. The molecule has 0 spiro atoms. The number of nitrogens with zero attached hydrogens (tertiary/aromatic N) is 1. The number of hydrogen-bond donors (Lipinski definition) is 0. The maximum Gasteiger partial charge on any atom is 0.0708 e. The van der Waals surface area contributed by atoms with Gasteiger partial charge in [0, 0.05) is 17.7 Å². The van der Waals surface area contributed by atoms with Gasteiger partial charge < -0.3 is 0 Å². The Hall–Kier alpha value is -2.93. The largest absolute Gasteiger partial charge is 0.256 e. The van der Waals surface area contributed by atoms with Gasteiger partial charge in [0.05, 0.1) is 5.70 Å². The van der Waals surface area contributed by atoms with Crippen molar-refractivity contribution in [2.24, 2.45) is 4.99 Å². The molecular weight excluding hydrogens is 314 g/mol. The van der Waals surface area contributed by atoms with Crippen LogP contribution in [0.25, 0.3) is 17.2 Å². The first kappa shape index (κ1) is 15.3. The SMILES string of the molecule is CC1=Cc2c(-c3ccc(C)cc3)cccc2C1C1=C(C)C=C2N=CC=C21. The summed E-state index contributed by atoms with van der Waals surface area (Å²) in [5, 5.41) is 0. The summed E-state index contributed by atoms with van der Waals surface area (Å²) < 4.78 is 0. The molecule has 3 aliphatic rings. The molecule has 0 fully saturated rings.